The van der Waals surface area contributed by atoms with E-state index in [4.69, 9.17) is 9.47 Å². The Labute approximate surface area is 147 Å². The second kappa shape index (κ2) is 9.04. The molecule has 2 bridgehead atoms. The Morgan fingerprint density at radius 2 is 2.12 bits per heavy atom. The van der Waals surface area contributed by atoms with Crippen LogP contribution in [0.4, 0.5) is 0 Å². The molecule has 5 heteroatoms. The Balaban J connectivity index is 1.33. The number of rotatable bonds is 8. The van der Waals surface area contributed by atoms with E-state index in [1.54, 1.807) is 7.11 Å². The van der Waals surface area contributed by atoms with Gasteiger partial charge in [0.1, 0.15) is 0 Å². The molecule has 1 N–H and O–H groups in total. The van der Waals surface area contributed by atoms with Gasteiger partial charge in [-0.3, -0.25) is 4.99 Å². The van der Waals surface area contributed by atoms with Gasteiger partial charge < -0.3 is 19.7 Å². The minimum atomic E-state index is 0.617. The largest absolute Gasteiger partial charge is 0.382 e. The molecule has 0 aromatic heterocycles. The van der Waals surface area contributed by atoms with Gasteiger partial charge in [0.15, 0.2) is 5.96 Å². The summed E-state index contributed by atoms with van der Waals surface area (Å²) in [4.78, 5) is 6.89. The van der Waals surface area contributed by atoms with Crippen LogP contribution in [0.15, 0.2) is 4.99 Å². The molecule has 0 aromatic carbocycles. The first-order valence-corrected chi connectivity index (χ1v) is 9.82. The maximum absolute atomic E-state index is 5.68. The van der Waals surface area contributed by atoms with Crippen LogP contribution >= 0.6 is 0 Å². The van der Waals surface area contributed by atoms with Gasteiger partial charge in [0.25, 0.3) is 0 Å². The van der Waals surface area contributed by atoms with Gasteiger partial charge in [-0.15, -0.1) is 0 Å². The number of aliphatic imine (C=N–C) groups is 1. The fourth-order valence-corrected chi connectivity index (χ4v) is 4.98. The predicted molar refractivity (Wildman–Crippen MR) is 97.3 cm³/mol. The van der Waals surface area contributed by atoms with Crippen molar-refractivity contribution in [2.45, 2.75) is 38.5 Å². The van der Waals surface area contributed by atoms with E-state index >= 15 is 0 Å². The molecule has 138 valence electrons. The van der Waals surface area contributed by atoms with Crippen molar-refractivity contribution in [1.29, 1.82) is 0 Å². The van der Waals surface area contributed by atoms with Gasteiger partial charge in [0.2, 0.25) is 0 Å². The predicted octanol–water partition coefficient (Wildman–Crippen LogP) is 2.37. The minimum Gasteiger partial charge on any atom is -0.382 e. The summed E-state index contributed by atoms with van der Waals surface area (Å²) in [6.45, 7) is 5.44. The third-order valence-corrected chi connectivity index (χ3v) is 6.27. The lowest BCUT2D eigenvalue weighted by Gasteiger charge is -2.25. The summed E-state index contributed by atoms with van der Waals surface area (Å²) in [5, 5.41) is 3.61. The van der Waals surface area contributed by atoms with Crippen molar-refractivity contribution in [2.24, 2.45) is 28.7 Å². The first kappa shape index (κ1) is 18.0. The number of guanidine groups is 1. The normalized spacial score (nSPS) is 32.8. The fourth-order valence-electron chi connectivity index (χ4n) is 4.98. The van der Waals surface area contributed by atoms with Gasteiger partial charge in [-0.2, -0.15) is 0 Å². The van der Waals surface area contributed by atoms with E-state index in [-0.39, 0.29) is 0 Å². The topological polar surface area (TPSA) is 46.1 Å². The van der Waals surface area contributed by atoms with Crippen LogP contribution in [0.2, 0.25) is 0 Å². The van der Waals surface area contributed by atoms with Crippen molar-refractivity contribution in [2.75, 3.05) is 53.6 Å². The number of ether oxygens (including phenoxy) is 2. The quantitative estimate of drug-likeness (QED) is 0.420. The van der Waals surface area contributed by atoms with Crippen molar-refractivity contribution in [3.63, 3.8) is 0 Å². The lowest BCUT2D eigenvalue weighted by atomic mass is 9.86. The highest BCUT2D eigenvalue weighted by molar-refractivity contribution is 5.80. The van der Waals surface area contributed by atoms with E-state index in [0.717, 1.165) is 50.0 Å². The average molecular weight is 338 g/mol. The Hall–Kier alpha value is -0.810. The van der Waals surface area contributed by atoms with E-state index < -0.39 is 0 Å². The lowest BCUT2D eigenvalue weighted by Crippen LogP contribution is -2.41. The minimum absolute atomic E-state index is 0.617. The Morgan fingerprint density at radius 1 is 1.21 bits per heavy atom. The number of methoxy groups -OCH3 is 1. The third kappa shape index (κ3) is 4.63. The average Bonchev–Trinajstić information content (AvgIpc) is 3.32. The molecule has 3 aliphatic rings. The van der Waals surface area contributed by atoms with Crippen LogP contribution in [0.3, 0.4) is 0 Å². The van der Waals surface area contributed by atoms with E-state index in [9.17, 15) is 0 Å². The smallest absolute Gasteiger partial charge is 0.193 e. The molecular formula is C19H35N3O2. The third-order valence-electron chi connectivity index (χ3n) is 6.27. The molecule has 0 spiro atoms. The summed E-state index contributed by atoms with van der Waals surface area (Å²) >= 11 is 0. The Morgan fingerprint density at radius 3 is 2.83 bits per heavy atom. The SMILES string of the molecule is CN=C(NCCC1CC2CCC1C2)N1CCC(COCCOC)C1. The summed E-state index contributed by atoms with van der Waals surface area (Å²) in [5.41, 5.74) is 0. The van der Waals surface area contributed by atoms with Crippen LogP contribution in [0.5, 0.6) is 0 Å². The standard InChI is InChI=1S/C19H35N3O2/c1-20-19(21-7-5-18-12-15-3-4-17(18)11-15)22-8-6-16(13-22)14-24-10-9-23-2/h15-18H,3-14H2,1-2H3,(H,20,21). The van der Waals surface area contributed by atoms with Crippen LogP contribution < -0.4 is 5.32 Å². The number of nitrogens with zero attached hydrogens (tertiary/aromatic N) is 2. The number of fused-ring (bicyclic) bond motifs is 2. The van der Waals surface area contributed by atoms with Gasteiger partial charge in [0.05, 0.1) is 19.8 Å². The molecule has 2 saturated carbocycles. The zero-order valence-corrected chi connectivity index (χ0v) is 15.5. The maximum atomic E-state index is 5.68. The van der Waals surface area contributed by atoms with E-state index in [1.807, 2.05) is 7.05 Å². The highest BCUT2D eigenvalue weighted by Gasteiger charge is 2.38. The molecule has 4 atom stereocenters. The molecule has 1 heterocycles. The van der Waals surface area contributed by atoms with Crippen LogP contribution in [0, 0.1) is 23.7 Å². The Bertz CT molecular complexity index is 415. The van der Waals surface area contributed by atoms with Gasteiger partial charge in [-0.05, 0) is 49.9 Å². The summed E-state index contributed by atoms with van der Waals surface area (Å²) in [6.07, 6.45) is 8.49. The molecule has 4 unspecified atom stereocenters. The summed E-state index contributed by atoms with van der Waals surface area (Å²) in [7, 11) is 3.62. The van der Waals surface area contributed by atoms with Crippen molar-refractivity contribution in [1.82, 2.24) is 10.2 Å². The molecule has 1 saturated heterocycles. The molecule has 3 fully saturated rings. The second-order valence-electron chi connectivity index (χ2n) is 7.87. The summed E-state index contributed by atoms with van der Waals surface area (Å²) in [5.74, 6) is 4.74. The van der Waals surface area contributed by atoms with Crippen molar-refractivity contribution < 1.29 is 9.47 Å². The van der Waals surface area contributed by atoms with Crippen LogP contribution in [-0.4, -0.2) is 64.5 Å². The molecule has 1 aliphatic heterocycles. The first-order chi connectivity index (χ1) is 11.8. The number of nitrogens with one attached hydrogen (secondary N) is 1. The number of likely N-dealkylation sites (tertiary alicyclic amines) is 1. The van der Waals surface area contributed by atoms with Gasteiger partial charge in [0, 0.05) is 39.7 Å². The van der Waals surface area contributed by atoms with Crippen LogP contribution in [-0.2, 0) is 9.47 Å². The molecule has 2 aliphatic carbocycles. The zero-order valence-electron chi connectivity index (χ0n) is 15.5. The van der Waals surface area contributed by atoms with Crippen molar-refractivity contribution >= 4 is 5.96 Å². The molecular weight excluding hydrogens is 302 g/mol. The monoisotopic (exact) mass is 337 g/mol. The van der Waals surface area contributed by atoms with Crippen LogP contribution in [0.1, 0.15) is 38.5 Å². The maximum Gasteiger partial charge on any atom is 0.193 e. The lowest BCUT2D eigenvalue weighted by molar-refractivity contribution is 0.0536. The zero-order chi connectivity index (χ0) is 16.8. The highest BCUT2D eigenvalue weighted by Crippen LogP contribution is 2.49. The molecule has 5 nitrogen and oxygen atoms in total. The summed E-state index contributed by atoms with van der Waals surface area (Å²) in [6, 6.07) is 0. The summed E-state index contributed by atoms with van der Waals surface area (Å²) < 4.78 is 10.7. The van der Waals surface area contributed by atoms with Gasteiger partial charge in [-0.1, -0.05) is 6.42 Å². The molecule has 24 heavy (non-hydrogen) atoms. The van der Waals surface area contributed by atoms with E-state index in [1.165, 1.54) is 38.5 Å². The Kier molecular flexibility index (Phi) is 6.78. The molecule has 0 radical (unpaired) electrons. The van der Waals surface area contributed by atoms with Crippen LogP contribution in [0.25, 0.3) is 0 Å². The van der Waals surface area contributed by atoms with Gasteiger partial charge >= 0.3 is 0 Å². The van der Waals surface area contributed by atoms with Crippen molar-refractivity contribution in [3.05, 3.63) is 0 Å². The molecule has 0 amide bonds. The van der Waals surface area contributed by atoms with E-state index in [0.29, 0.717) is 19.1 Å². The van der Waals surface area contributed by atoms with Crippen molar-refractivity contribution in [3.8, 4) is 0 Å². The van der Waals surface area contributed by atoms with Gasteiger partial charge in [-0.25, -0.2) is 0 Å². The second-order valence-corrected chi connectivity index (χ2v) is 7.87. The number of hydrogen-bond donors (Lipinski definition) is 1. The molecule has 3 rings (SSSR count). The van der Waals surface area contributed by atoms with E-state index in [2.05, 4.69) is 15.2 Å². The highest BCUT2D eigenvalue weighted by atomic mass is 16.5. The first-order valence-electron chi connectivity index (χ1n) is 9.82. The fraction of sp³-hybridized carbons (Fsp3) is 0.947. The number of hydrogen-bond acceptors (Lipinski definition) is 3. The molecule has 0 aromatic rings.